The van der Waals surface area contributed by atoms with Crippen molar-refractivity contribution in [1.29, 1.82) is 0 Å². The van der Waals surface area contributed by atoms with Crippen molar-refractivity contribution in [3.05, 3.63) is 18.3 Å². The van der Waals surface area contributed by atoms with Crippen LogP contribution in [0, 0.1) is 5.89 Å². The minimum Gasteiger partial charge on any atom is -0.396 e. The number of nitrogens with two attached hydrogens (primary N) is 1. The van der Waals surface area contributed by atoms with E-state index in [1.54, 1.807) is 0 Å². The molecular formula is C11H17N3. The molecule has 0 amide bonds. The predicted molar refractivity (Wildman–Crippen MR) is 59.3 cm³/mol. The molecule has 1 saturated heterocycles. The summed E-state index contributed by atoms with van der Waals surface area (Å²) in [5.41, 5.74) is 5.42. The second-order valence-corrected chi connectivity index (χ2v) is 2.60. The van der Waals surface area contributed by atoms with E-state index in [1.807, 2.05) is 0 Å². The van der Waals surface area contributed by atoms with E-state index in [-0.39, 0.29) is 10.6 Å². The summed E-state index contributed by atoms with van der Waals surface area (Å²) in [5.74, 6) is -4.36. The number of pyridine rings is 1. The van der Waals surface area contributed by atoms with Gasteiger partial charge in [-0.15, -0.1) is 0 Å². The van der Waals surface area contributed by atoms with Gasteiger partial charge in [-0.2, -0.15) is 0 Å². The first kappa shape index (κ1) is 2.65. The fraction of sp³-hybridized carbons (Fsp3) is 0.545. The van der Waals surface area contributed by atoms with Crippen LogP contribution in [0.2, 0.25) is 0 Å². The Labute approximate surface area is 102 Å². The number of nitrogen functional groups attached to an aromatic ring is 1. The van der Waals surface area contributed by atoms with Gasteiger partial charge in [0.2, 0.25) is 0 Å². The first-order valence-corrected chi connectivity index (χ1v) is 3.90. The maximum absolute atomic E-state index is 8.13. The minimum absolute atomic E-state index is 0.0495. The van der Waals surface area contributed by atoms with Gasteiger partial charge in [0.05, 0.1) is 5.69 Å². The summed E-state index contributed by atoms with van der Waals surface area (Å²) >= 11 is 0. The summed E-state index contributed by atoms with van der Waals surface area (Å²) in [5, 5.41) is 0. The number of rotatable bonds is 1. The number of hydrogen-bond acceptors (Lipinski definition) is 3. The molecule has 0 unspecified atom stereocenters. The highest BCUT2D eigenvalue weighted by molar-refractivity contribution is 5.62. The van der Waals surface area contributed by atoms with E-state index in [9.17, 15) is 0 Å². The lowest BCUT2D eigenvalue weighted by atomic mass is 9.99. The Balaban J connectivity index is 2.92. The normalized spacial score (nSPS) is 48.7. The van der Waals surface area contributed by atoms with Crippen LogP contribution in [-0.4, -0.2) is 18.0 Å². The third-order valence-corrected chi connectivity index (χ3v) is 1.61. The van der Waals surface area contributed by atoms with Crippen LogP contribution in [0.3, 0.4) is 0 Å². The van der Waals surface area contributed by atoms with Crippen LogP contribution in [0.5, 0.6) is 0 Å². The molecule has 14 heavy (non-hydrogen) atoms. The van der Waals surface area contributed by atoms with Gasteiger partial charge in [-0.25, -0.2) is 4.98 Å². The highest BCUT2D eigenvalue weighted by atomic mass is 15.2. The summed E-state index contributed by atoms with van der Waals surface area (Å²) < 4.78 is 95.3. The average Bonchev–Trinajstić information content (AvgIpc) is 2.45. The molecule has 2 N–H and O–H groups in total. The number of anilines is 2. The Morgan fingerprint density at radius 3 is 3.14 bits per heavy atom. The maximum Gasteiger partial charge on any atom is 0.151 e. The van der Waals surface area contributed by atoms with Crippen LogP contribution in [0.15, 0.2) is 18.3 Å². The Kier molecular flexibility index (Phi) is 0.732. The largest absolute Gasteiger partial charge is 0.396 e. The van der Waals surface area contributed by atoms with Crippen molar-refractivity contribution in [3.63, 3.8) is 0 Å². The topological polar surface area (TPSA) is 42.2 Å². The van der Waals surface area contributed by atoms with Gasteiger partial charge in [-0.3, -0.25) is 0 Å². The van der Waals surface area contributed by atoms with Crippen molar-refractivity contribution in [1.82, 2.24) is 4.98 Å². The van der Waals surface area contributed by atoms with E-state index in [2.05, 4.69) is 4.98 Å². The minimum atomic E-state index is -3.76. The molecule has 1 fully saturated rings. The maximum atomic E-state index is 8.13. The predicted octanol–water partition coefficient (Wildman–Crippen LogP) is 1.90. The van der Waals surface area contributed by atoms with Gasteiger partial charge in [0.15, 0.2) is 5.82 Å². The van der Waals surface area contributed by atoms with Crippen molar-refractivity contribution >= 4 is 11.5 Å². The van der Waals surface area contributed by atoms with Crippen LogP contribution >= 0.6 is 0 Å². The lowest BCUT2D eigenvalue weighted by molar-refractivity contribution is 0.437. The van der Waals surface area contributed by atoms with Gasteiger partial charge >= 0.3 is 0 Å². The molecule has 76 valence electrons. The van der Waals surface area contributed by atoms with Gasteiger partial charge in [-0.05, 0) is 30.8 Å². The van der Waals surface area contributed by atoms with Crippen molar-refractivity contribution < 1.29 is 16.4 Å². The van der Waals surface area contributed by atoms with Crippen LogP contribution in [0.4, 0.5) is 11.5 Å². The number of hydrogen-bond donors (Lipinski definition) is 1. The first-order chi connectivity index (χ1) is 11.4. The zero-order valence-corrected chi connectivity index (χ0v) is 7.20. The molecule has 1 aliphatic heterocycles. The van der Waals surface area contributed by atoms with E-state index in [0.717, 1.165) is 6.20 Å². The molecular weight excluding hydrogens is 174 g/mol. The Bertz CT molecular complexity index is 685. The standard InChI is InChI=1S/C11H17N3/c1-9-4-7-14(8-5-9)11-10(12)3-2-6-13-11/h2-3,6,9H,4-5,7-8,12H2,1H3/i1D3,4D2,5D2,7D2,8D2,9D. The second kappa shape index (κ2) is 3.86. The van der Waals surface area contributed by atoms with Crippen LogP contribution in [0.25, 0.3) is 0 Å². The van der Waals surface area contributed by atoms with Gasteiger partial charge in [-0.1, -0.05) is 6.85 Å². The van der Waals surface area contributed by atoms with E-state index in [0.29, 0.717) is 0 Å². The van der Waals surface area contributed by atoms with Crippen molar-refractivity contribution in [2.45, 2.75) is 19.6 Å². The second-order valence-electron chi connectivity index (χ2n) is 2.60. The first-order valence-electron chi connectivity index (χ1n) is 9.90. The Morgan fingerprint density at radius 2 is 2.50 bits per heavy atom. The van der Waals surface area contributed by atoms with E-state index < -0.39 is 44.3 Å². The third-order valence-electron chi connectivity index (χ3n) is 1.61. The SMILES string of the molecule is [2H]C([2H])([2H])C1([2H])C([2H])([2H])C([2H])([2H])N(c2ncccc2N)C([2H])([2H])C1([2H])[2H]. The molecule has 2 rings (SSSR count). The highest BCUT2D eigenvalue weighted by Gasteiger charge is 2.17. The molecule has 3 nitrogen and oxygen atoms in total. The zero-order chi connectivity index (χ0) is 20.6. The molecule has 3 heteroatoms. The smallest absolute Gasteiger partial charge is 0.151 e. The van der Waals surface area contributed by atoms with Crippen molar-refractivity contribution in [2.75, 3.05) is 23.6 Å². The van der Waals surface area contributed by atoms with Gasteiger partial charge in [0, 0.05) is 35.6 Å². The molecule has 0 radical (unpaired) electrons. The molecule has 0 saturated carbocycles. The molecule has 0 aliphatic carbocycles. The van der Waals surface area contributed by atoms with E-state index >= 15 is 0 Å². The molecule has 1 aliphatic rings. The van der Waals surface area contributed by atoms with E-state index in [1.165, 1.54) is 12.1 Å². The number of aromatic nitrogens is 1. The fourth-order valence-electron chi connectivity index (χ4n) is 0.985. The molecule has 1 aromatic heterocycles. The van der Waals surface area contributed by atoms with E-state index in [4.69, 9.17) is 22.2 Å². The summed E-state index contributed by atoms with van der Waals surface area (Å²) in [6, 6.07) is 2.58. The Morgan fingerprint density at radius 1 is 1.71 bits per heavy atom. The fourth-order valence-corrected chi connectivity index (χ4v) is 0.985. The lowest BCUT2D eigenvalue weighted by Crippen LogP contribution is -2.33. The molecule has 0 atom stereocenters. The molecule has 1 aromatic rings. The summed E-state index contributed by atoms with van der Waals surface area (Å²) in [6.07, 6.45) is -6.23. The summed E-state index contributed by atoms with van der Waals surface area (Å²) in [4.78, 5) is 3.77. The molecule has 0 aromatic carbocycles. The third kappa shape index (κ3) is 1.81. The van der Waals surface area contributed by atoms with Gasteiger partial charge in [0.1, 0.15) is 0 Å². The van der Waals surface area contributed by atoms with Crippen LogP contribution < -0.4 is 10.6 Å². The van der Waals surface area contributed by atoms with Crippen LogP contribution in [0.1, 0.15) is 36.0 Å². The van der Waals surface area contributed by atoms with Crippen LogP contribution in [-0.2, 0) is 0 Å². The quantitative estimate of drug-likeness (QED) is 0.758. The molecule has 2 heterocycles. The molecule has 0 bridgehead atoms. The van der Waals surface area contributed by atoms with Gasteiger partial charge < -0.3 is 10.6 Å². The highest BCUT2D eigenvalue weighted by Crippen LogP contribution is 2.24. The monoisotopic (exact) mass is 203 g/mol. The number of piperidine rings is 1. The van der Waals surface area contributed by atoms with Crippen molar-refractivity contribution in [2.24, 2.45) is 5.89 Å². The number of nitrogens with zero attached hydrogens (tertiary/aromatic N) is 2. The molecule has 0 spiro atoms. The van der Waals surface area contributed by atoms with Crippen molar-refractivity contribution in [3.8, 4) is 0 Å². The lowest BCUT2D eigenvalue weighted by Gasteiger charge is -2.31. The van der Waals surface area contributed by atoms with Gasteiger partial charge in [0.25, 0.3) is 0 Å². The Hall–Kier alpha value is -1.25. The summed E-state index contributed by atoms with van der Waals surface area (Å²) in [7, 11) is 0. The average molecular weight is 203 g/mol. The summed E-state index contributed by atoms with van der Waals surface area (Å²) in [6.45, 7) is -10.6. The zero-order valence-electron chi connectivity index (χ0n) is 19.2.